The molecule has 112 valence electrons. The SMILES string of the molecule is CCCNCc1cc(F)ccc1Sc1nc(N)cc(=O)[nH]1. The third-order valence-electron chi connectivity index (χ3n) is 2.71. The minimum Gasteiger partial charge on any atom is -0.383 e. The maximum absolute atomic E-state index is 13.4. The van der Waals surface area contributed by atoms with Crippen LogP contribution < -0.4 is 16.6 Å². The minimum atomic E-state index is -0.308. The molecule has 1 aromatic carbocycles. The summed E-state index contributed by atoms with van der Waals surface area (Å²) in [4.78, 5) is 18.9. The summed E-state index contributed by atoms with van der Waals surface area (Å²) in [6, 6.07) is 5.76. The number of aromatic amines is 1. The largest absolute Gasteiger partial charge is 0.383 e. The van der Waals surface area contributed by atoms with E-state index in [1.165, 1.54) is 30.0 Å². The molecule has 5 nitrogen and oxygen atoms in total. The standard InChI is InChI=1S/C14H17FN4OS/c1-2-5-17-8-9-6-10(15)3-4-11(9)21-14-18-12(16)7-13(20)19-14/h3-4,6-7,17H,2,5,8H2,1H3,(H3,16,18,19,20). The van der Waals surface area contributed by atoms with E-state index in [9.17, 15) is 9.18 Å². The molecule has 4 N–H and O–H groups in total. The molecule has 1 aromatic heterocycles. The van der Waals surface area contributed by atoms with Crippen LogP contribution in [-0.2, 0) is 6.54 Å². The number of nitrogens with one attached hydrogen (secondary N) is 2. The van der Waals surface area contributed by atoms with Gasteiger partial charge in [0, 0.05) is 17.5 Å². The van der Waals surface area contributed by atoms with Crippen molar-refractivity contribution in [2.45, 2.75) is 29.9 Å². The van der Waals surface area contributed by atoms with Gasteiger partial charge in [-0.1, -0.05) is 18.7 Å². The molecule has 0 atom stereocenters. The fourth-order valence-electron chi connectivity index (χ4n) is 1.79. The minimum absolute atomic E-state index is 0.161. The highest BCUT2D eigenvalue weighted by molar-refractivity contribution is 7.99. The van der Waals surface area contributed by atoms with Gasteiger partial charge >= 0.3 is 0 Å². The molecule has 0 saturated heterocycles. The van der Waals surface area contributed by atoms with E-state index in [2.05, 4.69) is 22.2 Å². The highest BCUT2D eigenvalue weighted by Crippen LogP contribution is 2.28. The van der Waals surface area contributed by atoms with Crippen LogP contribution in [0.4, 0.5) is 10.2 Å². The summed E-state index contributed by atoms with van der Waals surface area (Å²) in [6.45, 7) is 3.48. The van der Waals surface area contributed by atoms with E-state index in [0.717, 1.165) is 23.4 Å². The molecular weight excluding hydrogens is 291 g/mol. The predicted octanol–water partition coefficient (Wildman–Crippen LogP) is 2.14. The number of nitrogens with zero attached hydrogens (tertiary/aromatic N) is 1. The molecule has 0 unspecified atom stereocenters. The molecule has 0 fully saturated rings. The molecule has 0 spiro atoms. The van der Waals surface area contributed by atoms with Gasteiger partial charge in [-0.25, -0.2) is 9.37 Å². The van der Waals surface area contributed by atoms with Crippen molar-refractivity contribution in [3.8, 4) is 0 Å². The van der Waals surface area contributed by atoms with Gasteiger partial charge in [-0.15, -0.1) is 0 Å². The zero-order valence-corrected chi connectivity index (χ0v) is 12.5. The molecule has 0 bridgehead atoms. The summed E-state index contributed by atoms with van der Waals surface area (Å²) in [5.41, 5.74) is 6.07. The van der Waals surface area contributed by atoms with Crippen LogP contribution in [0.25, 0.3) is 0 Å². The lowest BCUT2D eigenvalue weighted by atomic mass is 10.2. The second-order valence-electron chi connectivity index (χ2n) is 4.51. The number of hydrogen-bond donors (Lipinski definition) is 3. The van der Waals surface area contributed by atoms with Crippen LogP contribution in [0.3, 0.4) is 0 Å². The van der Waals surface area contributed by atoms with Crippen LogP contribution in [0, 0.1) is 5.82 Å². The summed E-state index contributed by atoms with van der Waals surface area (Å²) in [7, 11) is 0. The Balaban J connectivity index is 2.23. The number of halogens is 1. The number of hydrogen-bond acceptors (Lipinski definition) is 5. The number of benzene rings is 1. The van der Waals surface area contributed by atoms with E-state index in [4.69, 9.17) is 5.73 Å². The van der Waals surface area contributed by atoms with E-state index < -0.39 is 0 Å². The molecule has 0 aliphatic rings. The van der Waals surface area contributed by atoms with Crippen LogP contribution in [-0.4, -0.2) is 16.5 Å². The number of nitrogens with two attached hydrogens (primary N) is 1. The van der Waals surface area contributed by atoms with Crippen molar-refractivity contribution in [1.29, 1.82) is 0 Å². The molecule has 21 heavy (non-hydrogen) atoms. The van der Waals surface area contributed by atoms with Crippen molar-refractivity contribution >= 4 is 17.6 Å². The first kappa shape index (κ1) is 15.5. The zero-order chi connectivity index (χ0) is 15.2. The third-order valence-corrected chi connectivity index (χ3v) is 3.72. The van der Waals surface area contributed by atoms with Crippen LogP contribution in [0.15, 0.2) is 39.1 Å². The fourth-order valence-corrected chi connectivity index (χ4v) is 2.70. The first-order chi connectivity index (χ1) is 10.1. The van der Waals surface area contributed by atoms with Crippen molar-refractivity contribution < 1.29 is 4.39 Å². The van der Waals surface area contributed by atoms with Gasteiger partial charge < -0.3 is 16.0 Å². The maximum Gasteiger partial charge on any atom is 0.253 e. The smallest absolute Gasteiger partial charge is 0.253 e. The molecule has 1 heterocycles. The third kappa shape index (κ3) is 4.57. The number of aromatic nitrogens is 2. The maximum atomic E-state index is 13.4. The van der Waals surface area contributed by atoms with E-state index in [1.807, 2.05) is 0 Å². The first-order valence-corrected chi connectivity index (χ1v) is 7.44. The molecule has 0 amide bonds. The van der Waals surface area contributed by atoms with Gasteiger partial charge in [0.15, 0.2) is 5.16 Å². The molecule has 0 radical (unpaired) electrons. The molecule has 7 heteroatoms. The first-order valence-electron chi connectivity index (χ1n) is 6.62. The second kappa shape index (κ2) is 7.24. The van der Waals surface area contributed by atoms with E-state index in [1.54, 1.807) is 6.07 Å². The van der Waals surface area contributed by atoms with Crippen molar-refractivity contribution in [1.82, 2.24) is 15.3 Å². The molecule has 2 aromatic rings. The van der Waals surface area contributed by atoms with Crippen LogP contribution in [0.5, 0.6) is 0 Å². The van der Waals surface area contributed by atoms with Crippen molar-refractivity contribution in [3.05, 3.63) is 46.0 Å². The van der Waals surface area contributed by atoms with E-state index >= 15 is 0 Å². The van der Waals surface area contributed by atoms with Crippen LogP contribution in [0.2, 0.25) is 0 Å². The van der Waals surface area contributed by atoms with E-state index in [-0.39, 0.29) is 17.2 Å². The summed E-state index contributed by atoms with van der Waals surface area (Å²) in [6.07, 6.45) is 1.00. The van der Waals surface area contributed by atoms with Gasteiger partial charge in [0.1, 0.15) is 11.6 Å². The summed E-state index contributed by atoms with van der Waals surface area (Å²) < 4.78 is 13.4. The van der Waals surface area contributed by atoms with Gasteiger partial charge in [-0.05, 0) is 36.7 Å². The Morgan fingerprint density at radius 3 is 2.95 bits per heavy atom. The Kier molecular flexibility index (Phi) is 5.35. The number of rotatable bonds is 6. The van der Waals surface area contributed by atoms with Gasteiger partial charge in [-0.3, -0.25) is 4.79 Å². The van der Waals surface area contributed by atoms with Crippen LogP contribution >= 0.6 is 11.8 Å². The number of nitrogen functional groups attached to an aromatic ring is 1. The quantitative estimate of drug-likeness (QED) is 0.562. The lowest BCUT2D eigenvalue weighted by molar-refractivity contribution is 0.615. The average molecular weight is 308 g/mol. The Morgan fingerprint density at radius 2 is 2.24 bits per heavy atom. The van der Waals surface area contributed by atoms with Gasteiger partial charge in [0.2, 0.25) is 0 Å². The van der Waals surface area contributed by atoms with Crippen molar-refractivity contribution in [3.63, 3.8) is 0 Å². The summed E-state index contributed by atoms with van der Waals surface area (Å²) in [5.74, 6) is -0.129. The predicted molar refractivity (Wildman–Crippen MR) is 81.8 cm³/mol. The average Bonchev–Trinajstić information content (AvgIpc) is 2.41. The molecule has 0 aliphatic heterocycles. The second-order valence-corrected chi connectivity index (χ2v) is 5.54. The number of anilines is 1. The molecule has 0 aliphatic carbocycles. The molecule has 0 saturated carbocycles. The zero-order valence-electron chi connectivity index (χ0n) is 11.6. The topological polar surface area (TPSA) is 83.8 Å². The van der Waals surface area contributed by atoms with Crippen LogP contribution in [0.1, 0.15) is 18.9 Å². The van der Waals surface area contributed by atoms with Crippen molar-refractivity contribution in [2.24, 2.45) is 0 Å². The number of H-pyrrole nitrogens is 1. The Hall–Kier alpha value is -1.86. The Morgan fingerprint density at radius 1 is 1.43 bits per heavy atom. The molecule has 2 rings (SSSR count). The van der Waals surface area contributed by atoms with Gasteiger partial charge in [-0.2, -0.15) is 0 Å². The highest BCUT2D eigenvalue weighted by atomic mass is 32.2. The van der Waals surface area contributed by atoms with E-state index in [0.29, 0.717) is 11.7 Å². The summed E-state index contributed by atoms with van der Waals surface area (Å²) in [5, 5.41) is 3.62. The van der Waals surface area contributed by atoms with Crippen molar-refractivity contribution in [2.75, 3.05) is 12.3 Å². The Bertz CT molecular complexity index is 674. The monoisotopic (exact) mass is 308 g/mol. The fraction of sp³-hybridized carbons (Fsp3) is 0.286. The lowest BCUT2D eigenvalue weighted by Gasteiger charge is -2.10. The van der Waals surface area contributed by atoms with Gasteiger partial charge in [0.25, 0.3) is 5.56 Å². The van der Waals surface area contributed by atoms with Gasteiger partial charge in [0.05, 0.1) is 0 Å². The summed E-state index contributed by atoms with van der Waals surface area (Å²) >= 11 is 1.26. The highest BCUT2D eigenvalue weighted by Gasteiger charge is 2.08. The normalized spacial score (nSPS) is 10.8. The molecular formula is C14H17FN4OS. The lowest BCUT2D eigenvalue weighted by Crippen LogP contribution is -2.14. The Labute approximate surface area is 126 Å².